The molecule has 0 saturated heterocycles. The van der Waals surface area contributed by atoms with Crippen molar-refractivity contribution in [2.75, 3.05) is 6.54 Å². The van der Waals surface area contributed by atoms with Crippen LogP contribution in [-0.4, -0.2) is 23.2 Å². The molecule has 0 saturated carbocycles. The van der Waals surface area contributed by atoms with Gasteiger partial charge in [0.2, 0.25) is 5.78 Å². The Hall–Kier alpha value is -1.58. The molecule has 1 amide bonds. The number of Topliss-reactive ketones (excluding diaryl/α,β-unsaturated/α-hetero) is 1. The maximum atomic E-state index is 11.1. The Morgan fingerprint density at radius 1 is 1.47 bits per heavy atom. The topological polar surface area (TPSA) is 62.0 Å². The Morgan fingerprint density at radius 3 is 2.60 bits per heavy atom. The Morgan fingerprint density at radius 2 is 2.13 bits per heavy atom. The predicted octanol–water partition coefficient (Wildman–Crippen LogP) is 0.997. The number of carbonyl (C=O) groups is 2. The molecule has 0 aliphatic carbocycles. The highest BCUT2D eigenvalue weighted by Gasteiger charge is 2.22. The summed E-state index contributed by atoms with van der Waals surface area (Å²) in [5.74, 6) is -0.994. The molecule has 0 fully saturated rings. The van der Waals surface area contributed by atoms with Gasteiger partial charge < -0.3 is 10.3 Å². The van der Waals surface area contributed by atoms with Crippen LogP contribution in [-0.2, 0) is 15.0 Å². The monoisotopic (exact) mass is 208 g/mol. The Bertz CT molecular complexity index is 353. The molecule has 4 nitrogen and oxygen atoms in total. The number of ketones is 1. The second-order valence-corrected chi connectivity index (χ2v) is 4.21. The van der Waals surface area contributed by atoms with Gasteiger partial charge in [0.25, 0.3) is 5.91 Å². The van der Waals surface area contributed by atoms with Gasteiger partial charge in [0.1, 0.15) is 0 Å². The largest absolute Gasteiger partial charge is 0.364 e. The van der Waals surface area contributed by atoms with Crippen molar-refractivity contribution in [1.29, 1.82) is 0 Å². The van der Waals surface area contributed by atoms with E-state index in [1.54, 1.807) is 0 Å². The van der Waals surface area contributed by atoms with Crippen molar-refractivity contribution in [2.24, 2.45) is 0 Å². The van der Waals surface area contributed by atoms with Gasteiger partial charge in [-0.3, -0.25) is 9.59 Å². The van der Waals surface area contributed by atoms with Crippen molar-refractivity contribution in [3.05, 3.63) is 24.0 Å². The van der Waals surface area contributed by atoms with Crippen LogP contribution in [0.3, 0.4) is 0 Å². The summed E-state index contributed by atoms with van der Waals surface area (Å²) in [6.07, 6.45) is 1.84. The van der Waals surface area contributed by atoms with Gasteiger partial charge in [-0.05, 0) is 12.1 Å². The Balaban J connectivity index is 2.58. The average molecular weight is 208 g/mol. The van der Waals surface area contributed by atoms with Crippen LogP contribution in [0.15, 0.2) is 18.3 Å². The van der Waals surface area contributed by atoms with Crippen LogP contribution < -0.4 is 5.32 Å². The highest BCUT2D eigenvalue weighted by molar-refractivity contribution is 6.35. The first-order valence-corrected chi connectivity index (χ1v) is 4.86. The van der Waals surface area contributed by atoms with Crippen molar-refractivity contribution in [3.8, 4) is 0 Å². The second-order valence-electron chi connectivity index (χ2n) is 4.21. The van der Waals surface area contributed by atoms with Gasteiger partial charge in [-0.15, -0.1) is 0 Å². The van der Waals surface area contributed by atoms with Crippen LogP contribution in [0, 0.1) is 0 Å². The zero-order chi connectivity index (χ0) is 11.5. The molecule has 0 unspecified atom stereocenters. The minimum atomic E-state index is -0.533. The molecule has 2 N–H and O–H groups in total. The lowest BCUT2D eigenvalue weighted by Gasteiger charge is -2.23. The van der Waals surface area contributed by atoms with Crippen molar-refractivity contribution < 1.29 is 9.59 Å². The van der Waals surface area contributed by atoms with Gasteiger partial charge in [-0.1, -0.05) is 13.8 Å². The van der Waals surface area contributed by atoms with Crippen molar-refractivity contribution >= 4 is 11.7 Å². The van der Waals surface area contributed by atoms with Crippen LogP contribution in [0.25, 0.3) is 0 Å². The van der Waals surface area contributed by atoms with Crippen LogP contribution in [0.4, 0.5) is 0 Å². The molecule has 4 heteroatoms. The van der Waals surface area contributed by atoms with E-state index in [-0.39, 0.29) is 5.41 Å². The summed E-state index contributed by atoms with van der Waals surface area (Å²) >= 11 is 0. The minimum absolute atomic E-state index is 0.200. The summed E-state index contributed by atoms with van der Waals surface area (Å²) in [4.78, 5) is 24.9. The maximum Gasteiger partial charge on any atom is 0.287 e. The van der Waals surface area contributed by atoms with Crippen LogP contribution in [0.1, 0.15) is 26.5 Å². The van der Waals surface area contributed by atoms with Crippen LogP contribution in [0.5, 0.6) is 0 Å². The fourth-order valence-electron chi connectivity index (χ4n) is 1.27. The fraction of sp³-hybridized carbons (Fsp3) is 0.455. The SMILES string of the molecule is CC(=O)C(=O)NCC(C)(C)c1ccc[nH]1. The first kappa shape index (κ1) is 11.5. The number of nitrogens with one attached hydrogen (secondary N) is 2. The molecule has 1 aromatic rings. The number of aromatic amines is 1. The summed E-state index contributed by atoms with van der Waals surface area (Å²) in [6, 6.07) is 3.86. The van der Waals surface area contributed by atoms with Gasteiger partial charge in [0.15, 0.2) is 0 Å². The maximum absolute atomic E-state index is 11.1. The van der Waals surface area contributed by atoms with Crippen molar-refractivity contribution in [2.45, 2.75) is 26.2 Å². The van der Waals surface area contributed by atoms with Gasteiger partial charge in [-0.25, -0.2) is 0 Å². The van der Waals surface area contributed by atoms with E-state index in [0.29, 0.717) is 6.54 Å². The third-order valence-electron chi connectivity index (χ3n) is 2.34. The van der Waals surface area contributed by atoms with E-state index < -0.39 is 11.7 Å². The first-order chi connectivity index (χ1) is 6.93. The predicted molar refractivity (Wildman–Crippen MR) is 57.5 cm³/mol. The summed E-state index contributed by atoms with van der Waals surface area (Å²) in [5.41, 5.74) is 0.834. The van der Waals surface area contributed by atoms with E-state index in [2.05, 4.69) is 10.3 Å². The molecule has 0 aliphatic rings. The lowest BCUT2D eigenvalue weighted by Crippen LogP contribution is -2.39. The highest BCUT2D eigenvalue weighted by atomic mass is 16.2. The van der Waals surface area contributed by atoms with Gasteiger partial charge >= 0.3 is 0 Å². The van der Waals surface area contributed by atoms with Gasteiger partial charge in [0.05, 0.1) is 0 Å². The molecule has 1 rings (SSSR count). The molecular weight excluding hydrogens is 192 g/mol. The van der Waals surface area contributed by atoms with Crippen LogP contribution in [0.2, 0.25) is 0 Å². The van der Waals surface area contributed by atoms with Crippen LogP contribution >= 0.6 is 0 Å². The molecule has 1 heterocycles. The highest BCUT2D eigenvalue weighted by Crippen LogP contribution is 2.19. The summed E-state index contributed by atoms with van der Waals surface area (Å²) in [6.45, 7) is 5.70. The molecule has 0 spiro atoms. The quantitative estimate of drug-likeness (QED) is 0.725. The molecule has 0 radical (unpaired) electrons. The van der Waals surface area contributed by atoms with E-state index in [1.807, 2.05) is 32.2 Å². The van der Waals surface area contributed by atoms with Crippen molar-refractivity contribution in [3.63, 3.8) is 0 Å². The zero-order valence-corrected chi connectivity index (χ0v) is 9.26. The third-order valence-corrected chi connectivity index (χ3v) is 2.34. The fourth-order valence-corrected chi connectivity index (χ4v) is 1.27. The molecular formula is C11H16N2O2. The molecule has 0 bridgehead atoms. The average Bonchev–Trinajstić information content (AvgIpc) is 2.67. The number of H-pyrrole nitrogens is 1. The number of rotatable bonds is 4. The lowest BCUT2D eigenvalue weighted by molar-refractivity contribution is -0.136. The Labute approximate surface area is 89.1 Å². The van der Waals surface area contributed by atoms with E-state index in [4.69, 9.17) is 0 Å². The Kier molecular flexibility index (Phi) is 3.29. The van der Waals surface area contributed by atoms with E-state index in [1.165, 1.54) is 6.92 Å². The molecule has 82 valence electrons. The smallest absolute Gasteiger partial charge is 0.287 e. The lowest BCUT2D eigenvalue weighted by atomic mass is 9.89. The number of carbonyl (C=O) groups excluding carboxylic acids is 2. The van der Waals surface area contributed by atoms with E-state index in [0.717, 1.165) is 5.69 Å². The standard InChI is InChI=1S/C11H16N2O2/c1-8(14)10(15)13-7-11(2,3)9-5-4-6-12-9/h4-6,12H,7H2,1-3H3,(H,13,15). The summed E-state index contributed by atoms with van der Waals surface area (Å²) < 4.78 is 0. The third kappa shape index (κ3) is 2.94. The minimum Gasteiger partial charge on any atom is -0.364 e. The first-order valence-electron chi connectivity index (χ1n) is 4.86. The molecule has 0 atom stereocenters. The normalized spacial score (nSPS) is 11.1. The number of amides is 1. The summed E-state index contributed by atoms with van der Waals surface area (Å²) in [5, 5.41) is 2.60. The van der Waals surface area contributed by atoms with Gasteiger partial charge in [0, 0.05) is 30.8 Å². The molecule has 0 aromatic carbocycles. The zero-order valence-electron chi connectivity index (χ0n) is 9.26. The molecule has 15 heavy (non-hydrogen) atoms. The second kappa shape index (κ2) is 4.29. The van der Waals surface area contributed by atoms with Gasteiger partial charge in [-0.2, -0.15) is 0 Å². The van der Waals surface area contributed by atoms with E-state index >= 15 is 0 Å². The molecule has 0 aliphatic heterocycles. The number of hydrogen-bond donors (Lipinski definition) is 2. The number of hydrogen-bond acceptors (Lipinski definition) is 2. The van der Waals surface area contributed by atoms with E-state index in [9.17, 15) is 9.59 Å². The van der Waals surface area contributed by atoms with Crippen molar-refractivity contribution in [1.82, 2.24) is 10.3 Å². The number of aromatic nitrogens is 1. The molecule has 1 aromatic heterocycles. The summed E-state index contributed by atoms with van der Waals surface area (Å²) in [7, 11) is 0.